The fraction of sp³-hybridized carbons (Fsp3) is 0.625. The number of anilines is 2. The number of rotatable bonds is 3. The summed E-state index contributed by atoms with van der Waals surface area (Å²) in [6.07, 6.45) is 6.16. The summed E-state index contributed by atoms with van der Waals surface area (Å²) >= 11 is 0. The third-order valence-electron chi connectivity index (χ3n) is 4.74. The van der Waals surface area contributed by atoms with Crippen molar-refractivity contribution in [2.45, 2.75) is 50.7 Å². The molecule has 0 amide bonds. The number of hydrogen-bond acceptors (Lipinski definition) is 3. The molecule has 3 heteroatoms. The lowest BCUT2D eigenvalue weighted by molar-refractivity contribution is -0.132. The zero-order valence-corrected chi connectivity index (χ0v) is 11.8. The van der Waals surface area contributed by atoms with E-state index >= 15 is 0 Å². The molecule has 1 aliphatic carbocycles. The third-order valence-corrected chi connectivity index (χ3v) is 4.74. The van der Waals surface area contributed by atoms with E-state index in [9.17, 15) is 0 Å². The zero-order valence-electron chi connectivity index (χ0n) is 11.8. The van der Waals surface area contributed by atoms with Crippen molar-refractivity contribution in [2.75, 3.05) is 23.8 Å². The largest absolute Gasteiger partial charge is 0.399 e. The van der Waals surface area contributed by atoms with Gasteiger partial charge in [-0.2, -0.15) is 0 Å². The molecule has 1 atom stereocenters. The summed E-state index contributed by atoms with van der Waals surface area (Å²) in [4.78, 5) is 2.52. The molecule has 0 aromatic heterocycles. The average molecular weight is 260 g/mol. The molecule has 19 heavy (non-hydrogen) atoms. The standard InChI is InChI=1S/C16H24N2O/c1-2-18(14-6-4-13(17)5-7-14)15-8-11-19-16(12-15)9-3-10-16/h4-7,15H,2-3,8-12,17H2,1H3. The van der Waals surface area contributed by atoms with Gasteiger partial charge < -0.3 is 15.4 Å². The average Bonchev–Trinajstić information content (AvgIpc) is 2.40. The minimum absolute atomic E-state index is 0.212. The maximum absolute atomic E-state index is 6.03. The van der Waals surface area contributed by atoms with Gasteiger partial charge in [0.1, 0.15) is 0 Å². The van der Waals surface area contributed by atoms with E-state index in [1.165, 1.54) is 31.4 Å². The highest BCUT2D eigenvalue weighted by atomic mass is 16.5. The van der Waals surface area contributed by atoms with Crippen LogP contribution in [0, 0.1) is 0 Å². The zero-order chi connectivity index (χ0) is 13.3. The van der Waals surface area contributed by atoms with Crippen molar-refractivity contribution in [1.82, 2.24) is 0 Å². The predicted molar refractivity (Wildman–Crippen MR) is 79.4 cm³/mol. The van der Waals surface area contributed by atoms with Gasteiger partial charge in [-0.25, -0.2) is 0 Å². The molecule has 2 aliphatic rings. The van der Waals surface area contributed by atoms with Crippen LogP contribution in [0.3, 0.4) is 0 Å². The number of nitrogens with two attached hydrogens (primary N) is 1. The minimum atomic E-state index is 0.212. The highest BCUT2D eigenvalue weighted by molar-refractivity contribution is 5.53. The quantitative estimate of drug-likeness (QED) is 0.848. The Morgan fingerprint density at radius 3 is 2.63 bits per heavy atom. The van der Waals surface area contributed by atoms with E-state index < -0.39 is 0 Å². The van der Waals surface area contributed by atoms with Gasteiger partial charge in [0.05, 0.1) is 5.60 Å². The summed E-state index contributed by atoms with van der Waals surface area (Å²) in [6.45, 7) is 4.19. The molecule has 1 aliphatic heterocycles. The number of nitrogen functional groups attached to an aromatic ring is 1. The maximum Gasteiger partial charge on any atom is 0.0702 e. The van der Waals surface area contributed by atoms with E-state index in [0.29, 0.717) is 6.04 Å². The molecule has 0 bridgehead atoms. The summed E-state index contributed by atoms with van der Waals surface area (Å²) in [5, 5.41) is 0. The van der Waals surface area contributed by atoms with Crippen molar-refractivity contribution in [3.8, 4) is 0 Å². The van der Waals surface area contributed by atoms with Crippen LogP contribution in [0.15, 0.2) is 24.3 Å². The van der Waals surface area contributed by atoms with E-state index in [4.69, 9.17) is 10.5 Å². The van der Waals surface area contributed by atoms with Crippen molar-refractivity contribution in [3.05, 3.63) is 24.3 Å². The molecule has 3 nitrogen and oxygen atoms in total. The van der Waals surface area contributed by atoms with Gasteiger partial charge in [0.2, 0.25) is 0 Å². The van der Waals surface area contributed by atoms with Crippen LogP contribution in [-0.4, -0.2) is 24.8 Å². The Bertz CT molecular complexity index is 425. The number of benzene rings is 1. The van der Waals surface area contributed by atoms with Crippen LogP contribution < -0.4 is 10.6 Å². The molecular formula is C16H24N2O. The summed E-state index contributed by atoms with van der Waals surface area (Å²) in [7, 11) is 0. The molecule has 1 heterocycles. The Morgan fingerprint density at radius 2 is 2.05 bits per heavy atom. The van der Waals surface area contributed by atoms with Crippen LogP contribution in [0.5, 0.6) is 0 Å². The second-order valence-electron chi connectivity index (χ2n) is 5.91. The van der Waals surface area contributed by atoms with E-state index in [0.717, 1.165) is 25.3 Å². The molecule has 1 spiro atoms. The van der Waals surface area contributed by atoms with Gasteiger partial charge in [-0.3, -0.25) is 0 Å². The van der Waals surface area contributed by atoms with Crippen molar-refractivity contribution < 1.29 is 4.74 Å². The van der Waals surface area contributed by atoms with Crippen molar-refractivity contribution in [2.24, 2.45) is 0 Å². The predicted octanol–water partition coefficient (Wildman–Crippen LogP) is 3.20. The first-order valence-corrected chi connectivity index (χ1v) is 7.49. The fourth-order valence-electron chi connectivity index (χ4n) is 3.50. The van der Waals surface area contributed by atoms with Gasteiger partial charge in [0, 0.05) is 30.6 Å². The molecule has 1 aromatic carbocycles. The van der Waals surface area contributed by atoms with Gasteiger partial charge in [0.15, 0.2) is 0 Å². The first kappa shape index (κ1) is 12.8. The van der Waals surface area contributed by atoms with Crippen LogP contribution in [-0.2, 0) is 4.74 Å². The van der Waals surface area contributed by atoms with E-state index in [1.807, 2.05) is 12.1 Å². The molecule has 0 radical (unpaired) electrons. The number of ether oxygens (including phenoxy) is 1. The fourth-order valence-corrected chi connectivity index (χ4v) is 3.50. The Balaban J connectivity index is 1.76. The molecule has 1 unspecified atom stereocenters. The van der Waals surface area contributed by atoms with E-state index in [2.05, 4.69) is 24.0 Å². The lowest BCUT2D eigenvalue weighted by Crippen LogP contribution is -2.52. The maximum atomic E-state index is 6.03. The second kappa shape index (κ2) is 5.04. The monoisotopic (exact) mass is 260 g/mol. The molecule has 1 saturated heterocycles. The third kappa shape index (κ3) is 2.44. The van der Waals surface area contributed by atoms with Crippen LogP contribution in [0.2, 0.25) is 0 Å². The first-order valence-electron chi connectivity index (χ1n) is 7.49. The van der Waals surface area contributed by atoms with Crippen LogP contribution in [0.1, 0.15) is 39.0 Å². The van der Waals surface area contributed by atoms with Gasteiger partial charge in [-0.05, 0) is 63.3 Å². The molecule has 2 N–H and O–H groups in total. The molecule has 3 rings (SSSR count). The molecule has 1 saturated carbocycles. The molecule has 104 valence electrons. The summed E-state index contributed by atoms with van der Waals surface area (Å²) in [6, 6.07) is 8.89. The van der Waals surface area contributed by atoms with Gasteiger partial charge in [0.25, 0.3) is 0 Å². The highest BCUT2D eigenvalue weighted by Gasteiger charge is 2.43. The molecular weight excluding hydrogens is 236 g/mol. The highest BCUT2D eigenvalue weighted by Crippen LogP contribution is 2.43. The van der Waals surface area contributed by atoms with Crippen LogP contribution in [0.25, 0.3) is 0 Å². The van der Waals surface area contributed by atoms with Crippen molar-refractivity contribution in [3.63, 3.8) is 0 Å². The Morgan fingerprint density at radius 1 is 1.32 bits per heavy atom. The van der Waals surface area contributed by atoms with Gasteiger partial charge in [-0.1, -0.05) is 0 Å². The minimum Gasteiger partial charge on any atom is -0.399 e. The van der Waals surface area contributed by atoms with Crippen molar-refractivity contribution >= 4 is 11.4 Å². The molecule has 2 fully saturated rings. The van der Waals surface area contributed by atoms with Gasteiger partial charge >= 0.3 is 0 Å². The Labute approximate surface area is 115 Å². The number of hydrogen-bond donors (Lipinski definition) is 1. The SMILES string of the molecule is CCN(c1ccc(N)cc1)C1CCOC2(CCC2)C1. The first-order chi connectivity index (χ1) is 9.22. The van der Waals surface area contributed by atoms with E-state index in [1.54, 1.807) is 0 Å². The Kier molecular flexibility index (Phi) is 3.40. The lowest BCUT2D eigenvalue weighted by Gasteiger charge is -2.50. The van der Waals surface area contributed by atoms with Crippen LogP contribution in [0.4, 0.5) is 11.4 Å². The smallest absolute Gasteiger partial charge is 0.0702 e. The van der Waals surface area contributed by atoms with Gasteiger partial charge in [-0.15, -0.1) is 0 Å². The normalized spacial score (nSPS) is 25.0. The lowest BCUT2D eigenvalue weighted by atomic mass is 9.73. The summed E-state index contributed by atoms with van der Waals surface area (Å²) in [5.74, 6) is 0. The molecule has 1 aromatic rings. The topological polar surface area (TPSA) is 38.5 Å². The van der Waals surface area contributed by atoms with Crippen LogP contribution >= 0.6 is 0 Å². The number of nitrogens with zero attached hydrogens (tertiary/aromatic N) is 1. The van der Waals surface area contributed by atoms with Crippen molar-refractivity contribution in [1.29, 1.82) is 0 Å². The Hall–Kier alpha value is -1.22. The summed E-state index contributed by atoms with van der Waals surface area (Å²) < 4.78 is 6.03. The summed E-state index contributed by atoms with van der Waals surface area (Å²) in [5.41, 5.74) is 8.12. The van der Waals surface area contributed by atoms with E-state index in [-0.39, 0.29) is 5.60 Å². The second-order valence-corrected chi connectivity index (χ2v) is 5.91.